The molecule has 0 spiro atoms. The molecule has 0 saturated heterocycles. The van der Waals surface area contributed by atoms with Gasteiger partial charge in [-0.15, -0.1) is 0 Å². The molecule has 1 aromatic rings. The number of aryl methyl sites for hydroxylation is 1. The molecule has 4 N–H and O–H groups in total. The van der Waals surface area contributed by atoms with Crippen molar-refractivity contribution < 1.29 is 9.47 Å². The normalized spacial score (nSPS) is 14.4. The summed E-state index contributed by atoms with van der Waals surface area (Å²) in [6.45, 7) is 3.88. The van der Waals surface area contributed by atoms with Crippen molar-refractivity contribution in [2.45, 2.75) is 25.9 Å². The molecular weight excluding hydrogens is 204 g/mol. The molecule has 0 saturated carbocycles. The Kier molecular flexibility index (Phi) is 4.15. The van der Waals surface area contributed by atoms with Gasteiger partial charge in [-0.05, 0) is 37.1 Å². The maximum Gasteiger partial charge on any atom is 0.161 e. The highest BCUT2D eigenvalue weighted by molar-refractivity contribution is 5.48. The summed E-state index contributed by atoms with van der Waals surface area (Å²) in [5.41, 5.74) is 13.9. The van der Waals surface area contributed by atoms with Crippen molar-refractivity contribution in [3.8, 4) is 11.5 Å². The van der Waals surface area contributed by atoms with Crippen molar-refractivity contribution in [1.29, 1.82) is 0 Å². The van der Waals surface area contributed by atoms with Gasteiger partial charge in [0.2, 0.25) is 0 Å². The van der Waals surface area contributed by atoms with Gasteiger partial charge in [0.05, 0.1) is 14.2 Å². The average molecular weight is 224 g/mol. The third-order valence-electron chi connectivity index (χ3n) is 2.70. The van der Waals surface area contributed by atoms with E-state index in [1.807, 2.05) is 26.0 Å². The highest BCUT2D eigenvalue weighted by Crippen LogP contribution is 2.32. The molecule has 90 valence electrons. The maximum absolute atomic E-state index is 6.03. The van der Waals surface area contributed by atoms with Gasteiger partial charge in [0.1, 0.15) is 0 Å². The van der Waals surface area contributed by atoms with Crippen LogP contribution in [0.5, 0.6) is 11.5 Å². The van der Waals surface area contributed by atoms with Gasteiger partial charge in [-0.3, -0.25) is 0 Å². The molecule has 0 aliphatic heterocycles. The zero-order valence-corrected chi connectivity index (χ0v) is 10.3. The fraction of sp³-hybridized carbons (Fsp3) is 0.500. The molecule has 4 nitrogen and oxygen atoms in total. The first-order valence-electron chi connectivity index (χ1n) is 5.25. The van der Waals surface area contributed by atoms with Crippen molar-refractivity contribution in [3.63, 3.8) is 0 Å². The second-order valence-electron chi connectivity index (χ2n) is 3.95. The molecule has 16 heavy (non-hydrogen) atoms. The Morgan fingerprint density at radius 1 is 1.06 bits per heavy atom. The Morgan fingerprint density at radius 3 is 2.00 bits per heavy atom. The Balaban J connectivity index is 3.21. The Bertz CT molecular complexity index is 364. The largest absolute Gasteiger partial charge is 0.493 e. The van der Waals surface area contributed by atoms with E-state index in [0.29, 0.717) is 11.5 Å². The minimum absolute atomic E-state index is 0.100. The van der Waals surface area contributed by atoms with Gasteiger partial charge >= 0.3 is 0 Å². The van der Waals surface area contributed by atoms with Gasteiger partial charge in [-0.25, -0.2) is 0 Å². The van der Waals surface area contributed by atoms with Crippen molar-refractivity contribution in [2.75, 3.05) is 14.2 Å². The minimum atomic E-state index is -0.195. The predicted octanol–water partition coefficient (Wildman–Crippen LogP) is 1.36. The van der Waals surface area contributed by atoms with Crippen LogP contribution in [0, 0.1) is 6.92 Å². The number of methoxy groups -OCH3 is 2. The fourth-order valence-corrected chi connectivity index (χ4v) is 1.64. The van der Waals surface area contributed by atoms with E-state index in [-0.39, 0.29) is 12.1 Å². The Morgan fingerprint density at radius 2 is 1.56 bits per heavy atom. The standard InChI is InChI=1S/C12H20N2O2/c1-7-5-10(15-3)11(16-4)6-9(7)12(14)8(2)13/h5-6,8,12H,13-14H2,1-4H3. The van der Waals surface area contributed by atoms with Crippen molar-refractivity contribution in [1.82, 2.24) is 0 Å². The third kappa shape index (κ3) is 2.46. The van der Waals surface area contributed by atoms with E-state index in [2.05, 4.69) is 0 Å². The van der Waals surface area contributed by atoms with Gasteiger partial charge in [0.15, 0.2) is 11.5 Å². The van der Waals surface area contributed by atoms with Crippen LogP contribution in [0.15, 0.2) is 12.1 Å². The lowest BCUT2D eigenvalue weighted by atomic mass is 9.97. The van der Waals surface area contributed by atoms with E-state index in [1.165, 1.54) is 0 Å². The first kappa shape index (κ1) is 12.8. The average Bonchev–Trinajstić information content (AvgIpc) is 2.27. The third-order valence-corrected chi connectivity index (χ3v) is 2.70. The molecule has 1 rings (SSSR count). The zero-order chi connectivity index (χ0) is 12.3. The lowest BCUT2D eigenvalue weighted by Crippen LogP contribution is -2.31. The molecule has 0 bridgehead atoms. The lowest BCUT2D eigenvalue weighted by molar-refractivity contribution is 0.353. The quantitative estimate of drug-likeness (QED) is 0.810. The van der Waals surface area contributed by atoms with Gasteiger partial charge in [-0.2, -0.15) is 0 Å². The topological polar surface area (TPSA) is 70.5 Å². The van der Waals surface area contributed by atoms with Crippen LogP contribution in [0.4, 0.5) is 0 Å². The summed E-state index contributed by atoms with van der Waals surface area (Å²) in [5, 5.41) is 0. The Hall–Kier alpha value is -1.26. The first-order valence-corrected chi connectivity index (χ1v) is 5.25. The molecule has 2 atom stereocenters. The number of rotatable bonds is 4. The maximum atomic E-state index is 6.03. The van der Waals surface area contributed by atoms with Crippen LogP contribution >= 0.6 is 0 Å². The predicted molar refractivity (Wildman–Crippen MR) is 64.9 cm³/mol. The second-order valence-corrected chi connectivity index (χ2v) is 3.95. The molecule has 0 heterocycles. The second kappa shape index (κ2) is 5.18. The van der Waals surface area contributed by atoms with E-state index in [0.717, 1.165) is 11.1 Å². The van der Waals surface area contributed by atoms with Crippen molar-refractivity contribution in [2.24, 2.45) is 11.5 Å². The van der Waals surface area contributed by atoms with Crippen LogP contribution in [-0.2, 0) is 0 Å². The molecule has 1 aromatic carbocycles. The van der Waals surface area contributed by atoms with Crippen LogP contribution in [0.1, 0.15) is 24.1 Å². The number of hydrogen-bond acceptors (Lipinski definition) is 4. The summed E-state index contributed by atoms with van der Waals surface area (Å²) < 4.78 is 10.5. The number of benzene rings is 1. The van der Waals surface area contributed by atoms with Crippen LogP contribution < -0.4 is 20.9 Å². The van der Waals surface area contributed by atoms with Crippen molar-refractivity contribution in [3.05, 3.63) is 23.3 Å². The number of nitrogens with two attached hydrogens (primary N) is 2. The van der Waals surface area contributed by atoms with Crippen LogP contribution in [0.2, 0.25) is 0 Å². The van der Waals surface area contributed by atoms with E-state index >= 15 is 0 Å². The van der Waals surface area contributed by atoms with Crippen LogP contribution in [0.3, 0.4) is 0 Å². The molecule has 0 aromatic heterocycles. The van der Waals surface area contributed by atoms with E-state index in [9.17, 15) is 0 Å². The minimum Gasteiger partial charge on any atom is -0.493 e. The highest BCUT2D eigenvalue weighted by atomic mass is 16.5. The molecule has 0 aliphatic rings. The molecule has 4 heteroatoms. The van der Waals surface area contributed by atoms with Gasteiger partial charge in [0, 0.05) is 12.1 Å². The van der Waals surface area contributed by atoms with E-state index in [1.54, 1.807) is 14.2 Å². The lowest BCUT2D eigenvalue weighted by Gasteiger charge is -2.20. The number of ether oxygens (including phenoxy) is 2. The number of hydrogen-bond donors (Lipinski definition) is 2. The molecular formula is C12H20N2O2. The van der Waals surface area contributed by atoms with Gasteiger partial charge in [-0.1, -0.05) is 0 Å². The van der Waals surface area contributed by atoms with E-state index < -0.39 is 0 Å². The molecule has 0 amide bonds. The van der Waals surface area contributed by atoms with Gasteiger partial charge in [0.25, 0.3) is 0 Å². The van der Waals surface area contributed by atoms with Crippen molar-refractivity contribution >= 4 is 0 Å². The monoisotopic (exact) mass is 224 g/mol. The molecule has 0 fully saturated rings. The SMILES string of the molecule is COc1cc(C)c(C(N)C(C)N)cc1OC. The summed E-state index contributed by atoms with van der Waals surface area (Å²) >= 11 is 0. The van der Waals surface area contributed by atoms with Crippen LogP contribution in [-0.4, -0.2) is 20.3 Å². The molecule has 0 radical (unpaired) electrons. The fourth-order valence-electron chi connectivity index (χ4n) is 1.64. The summed E-state index contributed by atoms with van der Waals surface area (Å²) in [5.74, 6) is 1.39. The summed E-state index contributed by atoms with van der Waals surface area (Å²) in [4.78, 5) is 0. The summed E-state index contributed by atoms with van der Waals surface area (Å²) in [6, 6.07) is 3.51. The molecule has 2 unspecified atom stereocenters. The Labute approximate surface area is 96.5 Å². The summed E-state index contributed by atoms with van der Waals surface area (Å²) in [6.07, 6.45) is 0. The molecule has 0 aliphatic carbocycles. The van der Waals surface area contributed by atoms with Crippen LogP contribution in [0.25, 0.3) is 0 Å². The zero-order valence-electron chi connectivity index (χ0n) is 10.3. The first-order chi connectivity index (χ1) is 7.51. The smallest absolute Gasteiger partial charge is 0.161 e. The summed E-state index contributed by atoms with van der Waals surface area (Å²) in [7, 11) is 3.22. The van der Waals surface area contributed by atoms with E-state index in [4.69, 9.17) is 20.9 Å². The van der Waals surface area contributed by atoms with Gasteiger partial charge < -0.3 is 20.9 Å². The highest BCUT2D eigenvalue weighted by Gasteiger charge is 2.16.